The van der Waals surface area contributed by atoms with Crippen molar-refractivity contribution < 1.29 is 4.74 Å². The highest BCUT2D eigenvalue weighted by Gasteiger charge is 2.11. The number of methoxy groups -OCH3 is 1. The first-order valence-electron chi connectivity index (χ1n) is 4.81. The molecule has 0 amide bonds. The van der Waals surface area contributed by atoms with Gasteiger partial charge < -0.3 is 10.5 Å². The summed E-state index contributed by atoms with van der Waals surface area (Å²) in [7, 11) is 1.57. The topological polar surface area (TPSA) is 78.9 Å². The van der Waals surface area contributed by atoms with Gasteiger partial charge in [-0.2, -0.15) is 0 Å². The lowest BCUT2D eigenvalue weighted by Crippen LogP contribution is -2.04. The van der Waals surface area contributed by atoms with Gasteiger partial charge in [0.05, 0.1) is 12.7 Å². The Labute approximate surface area is 93.1 Å². The highest BCUT2D eigenvalue weighted by atomic mass is 16.5. The van der Waals surface area contributed by atoms with E-state index in [0.717, 1.165) is 11.1 Å². The van der Waals surface area contributed by atoms with Crippen molar-refractivity contribution in [2.45, 2.75) is 13.8 Å². The van der Waals surface area contributed by atoms with E-state index in [1.807, 2.05) is 20.0 Å². The van der Waals surface area contributed by atoms with Crippen LogP contribution in [0.5, 0.6) is 5.88 Å². The minimum Gasteiger partial charge on any atom is -0.481 e. The van der Waals surface area contributed by atoms with Gasteiger partial charge in [-0.3, -0.25) is 0 Å². The Morgan fingerprint density at radius 2 is 2.06 bits per heavy atom. The van der Waals surface area contributed by atoms with Crippen molar-refractivity contribution in [3.05, 3.63) is 23.7 Å². The van der Waals surface area contributed by atoms with E-state index in [1.165, 1.54) is 6.33 Å². The number of nitrogen functional groups attached to an aromatic ring is 1. The van der Waals surface area contributed by atoms with Gasteiger partial charge in [-0.15, -0.1) is 5.10 Å². The van der Waals surface area contributed by atoms with Gasteiger partial charge in [-0.1, -0.05) is 0 Å². The van der Waals surface area contributed by atoms with Crippen LogP contribution in [0.25, 0.3) is 5.82 Å². The van der Waals surface area contributed by atoms with Crippen LogP contribution in [0.1, 0.15) is 11.1 Å². The fraction of sp³-hybridized carbons (Fsp3) is 0.300. The second-order valence-corrected chi connectivity index (χ2v) is 3.47. The number of nitrogens with two attached hydrogens (primary N) is 1. The summed E-state index contributed by atoms with van der Waals surface area (Å²) >= 11 is 0. The van der Waals surface area contributed by atoms with Gasteiger partial charge >= 0.3 is 0 Å². The Morgan fingerprint density at radius 1 is 1.31 bits per heavy atom. The van der Waals surface area contributed by atoms with Gasteiger partial charge in [0.25, 0.3) is 0 Å². The normalized spacial score (nSPS) is 10.4. The van der Waals surface area contributed by atoms with Crippen molar-refractivity contribution in [3.8, 4) is 11.7 Å². The largest absolute Gasteiger partial charge is 0.481 e. The molecule has 0 radical (unpaired) electrons. The molecule has 2 rings (SSSR count). The van der Waals surface area contributed by atoms with E-state index in [0.29, 0.717) is 17.5 Å². The van der Waals surface area contributed by atoms with E-state index in [9.17, 15) is 0 Å². The lowest BCUT2D eigenvalue weighted by Gasteiger charge is -2.07. The monoisotopic (exact) mass is 219 g/mol. The molecule has 2 N–H and O–H groups in total. The fourth-order valence-corrected chi connectivity index (χ4v) is 1.44. The summed E-state index contributed by atoms with van der Waals surface area (Å²) in [5.74, 6) is 1.71. The zero-order chi connectivity index (χ0) is 11.7. The minimum atomic E-state index is 0.497. The highest BCUT2D eigenvalue weighted by molar-refractivity contribution is 5.43. The molecular weight excluding hydrogens is 206 g/mol. The van der Waals surface area contributed by atoms with E-state index in [-0.39, 0.29) is 0 Å². The molecular formula is C10H13N5O. The van der Waals surface area contributed by atoms with Crippen LogP contribution in [0.4, 0.5) is 5.82 Å². The van der Waals surface area contributed by atoms with Gasteiger partial charge in [0.15, 0.2) is 5.82 Å². The predicted octanol–water partition coefficient (Wildman–Crippen LogP) is 0.870. The Morgan fingerprint density at radius 3 is 2.62 bits per heavy atom. The number of ether oxygens (including phenoxy) is 1. The maximum absolute atomic E-state index is 5.69. The van der Waals surface area contributed by atoms with E-state index >= 15 is 0 Å². The number of hydrogen-bond donors (Lipinski definition) is 1. The minimum absolute atomic E-state index is 0.497. The lowest BCUT2D eigenvalue weighted by molar-refractivity contribution is 0.392. The molecule has 0 bridgehead atoms. The van der Waals surface area contributed by atoms with Crippen LogP contribution in [0.3, 0.4) is 0 Å². The number of aryl methyl sites for hydroxylation is 1. The van der Waals surface area contributed by atoms with Crippen LogP contribution in [0.2, 0.25) is 0 Å². The molecule has 0 atom stereocenters. The van der Waals surface area contributed by atoms with E-state index in [1.54, 1.807) is 11.8 Å². The van der Waals surface area contributed by atoms with Crippen molar-refractivity contribution in [1.29, 1.82) is 0 Å². The first kappa shape index (κ1) is 10.4. The Balaban J connectivity index is 2.55. The maximum atomic E-state index is 5.69. The fourth-order valence-electron chi connectivity index (χ4n) is 1.44. The first-order chi connectivity index (χ1) is 7.63. The molecule has 2 aromatic heterocycles. The predicted molar refractivity (Wildman–Crippen MR) is 59.6 cm³/mol. The molecule has 16 heavy (non-hydrogen) atoms. The van der Waals surface area contributed by atoms with Crippen LogP contribution in [0.15, 0.2) is 12.5 Å². The summed E-state index contributed by atoms with van der Waals surface area (Å²) < 4.78 is 6.75. The van der Waals surface area contributed by atoms with Crippen molar-refractivity contribution in [2.75, 3.05) is 12.8 Å². The Hall–Kier alpha value is -2.11. The number of nitrogens with zero attached hydrogens (tertiary/aromatic N) is 4. The van der Waals surface area contributed by atoms with Crippen LogP contribution in [-0.4, -0.2) is 26.9 Å². The molecule has 0 saturated heterocycles. The summed E-state index contributed by atoms with van der Waals surface area (Å²) in [5.41, 5.74) is 7.43. The molecule has 0 spiro atoms. The van der Waals surface area contributed by atoms with Crippen molar-refractivity contribution in [3.63, 3.8) is 0 Å². The van der Waals surface area contributed by atoms with Crippen molar-refractivity contribution in [1.82, 2.24) is 19.7 Å². The van der Waals surface area contributed by atoms with E-state index < -0.39 is 0 Å². The Kier molecular flexibility index (Phi) is 2.47. The molecule has 6 heteroatoms. The van der Waals surface area contributed by atoms with Crippen LogP contribution < -0.4 is 10.5 Å². The molecule has 2 heterocycles. The number of aromatic nitrogens is 4. The average Bonchev–Trinajstić information content (AvgIpc) is 2.59. The molecule has 0 aliphatic rings. The molecule has 6 nitrogen and oxygen atoms in total. The summed E-state index contributed by atoms with van der Waals surface area (Å²) in [6.45, 7) is 3.77. The molecule has 0 aliphatic heterocycles. The quantitative estimate of drug-likeness (QED) is 0.810. The van der Waals surface area contributed by atoms with Crippen molar-refractivity contribution in [2.24, 2.45) is 0 Å². The first-order valence-corrected chi connectivity index (χ1v) is 4.81. The molecule has 0 aromatic carbocycles. The number of rotatable bonds is 2. The van der Waals surface area contributed by atoms with Crippen LogP contribution in [0, 0.1) is 13.8 Å². The zero-order valence-electron chi connectivity index (χ0n) is 9.43. The summed E-state index contributed by atoms with van der Waals surface area (Å²) in [6, 6.07) is 0. The van der Waals surface area contributed by atoms with Gasteiger partial charge in [0.1, 0.15) is 12.1 Å². The summed E-state index contributed by atoms with van der Waals surface area (Å²) in [6.07, 6.45) is 3.26. The van der Waals surface area contributed by atoms with Gasteiger partial charge in [-0.25, -0.2) is 14.6 Å². The standard InChI is InChI=1S/C10H13N5O/c1-6-4-15(14-8(6)11)9-7(2)10(16-3)13-5-12-9/h4-5H,1-3H3,(H2,11,14). The van der Waals surface area contributed by atoms with Gasteiger partial charge in [-0.05, 0) is 13.8 Å². The third kappa shape index (κ3) is 1.58. The second-order valence-electron chi connectivity index (χ2n) is 3.47. The van der Waals surface area contributed by atoms with E-state index in [2.05, 4.69) is 15.1 Å². The third-order valence-corrected chi connectivity index (χ3v) is 2.36. The molecule has 84 valence electrons. The van der Waals surface area contributed by atoms with Gasteiger partial charge in [0.2, 0.25) is 5.88 Å². The summed E-state index contributed by atoms with van der Waals surface area (Å²) in [5, 5.41) is 4.17. The SMILES string of the molecule is COc1ncnc(-n2cc(C)c(N)n2)c1C. The van der Waals surface area contributed by atoms with Crippen LogP contribution in [-0.2, 0) is 0 Å². The molecule has 0 fully saturated rings. The summed E-state index contributed by atoms with van der Waals surface area (Å²) in [4.78, 5) is 8.17. The molecule has 0 unspecified atom stereocenters. The molecule has 0 saturated carbocycles. The Bertz CT molecular complexity index is 500. The van der Waals surface area contributed by atoms with Crippen molar-refractivity contribution >= 4 is 5.82 Å². The average molecular weight is 219 g/mol. The lowest BCUT2D eigenvalue weighted by atomic mass is 10.3. The maximum Gasteiger partial charge on any atom is 0.221 e. The molecule has 0 aliphatic carbocycles. The highest BCUT2D eigenvalue weighted by Crippen LogP contribution is 2.20. The van der Waals surface area contributed by atoms with Crippen LogP contribution >= 0.6 is 0 Å². The van der Waals surface area contributed by atoms with Gasteiger partial charge in [0, 0.05) is 11.8 Å². The second kappa shape index (κ2) is 3.80. The third-order valence-electron chi connectivity index (χ3n) is 2.36. The number of anilines is 1. The molecule has 2 aromatic rings. The van der Waals surface area contributed by atoms with E-state index in [4.69, 9.17) is 10.5 Å². The zero-order valence-corrected chi connectivity index (χ0v) is 9.43. The number of hydrogen-bond acceptors (Lipinski definition) is 5. The smallest absolute Gasteiger partial charge is 0.221 e.